The van der Waals surface area contributed by atoms with Crippen molar-refractivity contribution in [2.75, 3.05) is 11.9 Å². The van der Waals surface area contributed by atoms with Gasteiger partial charge in [0.1, 0.15) is 11.5 Å². The summed E-state index contributed by atoms with van der Waals surface area (Å²) in [5, 5.41) is 4.08. The minimum Gasteiger partial charge on any atom is -0.317 e. The van der Waals surface area contributed by atoms with Crippen molar-refractivity contribution in [2.24, 2.45) is 7.05 Å². The summed E-state index contributed by atoms with van der Waals surface area (Å²) < 4.78 is 44.4. The number of nitrogens with zero attached hydrogens (tertiary/aromatic N) is 4. The predicted octanol–water partition coefficient (Wildman–Crippen LogP) is 3.94. The molecule has 2 heterocycles. The van der Waals surface area contributed by atoms with Crippen molar-refractivity contribution in [3.8, 4) is 11.8 Å². The van der Waals surface area contributed by atoms with Crippen LogP contribution in [-0.2, 0) is 17.4 Å². The van der Waals surface area contributed by atoms with Gasteiger partial charge in [-0.05, 0) is 43.3 Å². The fourth-order valence-corrected chi connectivity index (χ4v) is 3.70. The molecule has 33 heavy (non-hydrogen) atoms. The summed E-state index contributed by atoms with van der Waals surface area (Å²) in [6.45, 7) is 1.69. The number of hydrogen-bond acceptors (Lipinski definition) is 3. The van der Waals surface area contributed by atoms with Crippen molar-refractivity contribution < 1.29 is 22.8 Å². The largest absolute Gasteiger partial charge is 0.332 e. The lowest BCUT2D eigenvalue weighted by Gasteiger charge is -2.45. The quantitative estimate of drug-likeness (QED) is 0.554. The molecule has 0 saturated carbocycles. The first-order valence-electron chi connectivity index (χ1n) is 9.96. The maximum absolute atomic E-state index is 14.9. The Hall–Kier alpha value is -4.06. The fraction of sp³-hybridized carbons (Fsp3) is 0.208. The maximum atomic E-state index is 14.9. The number of anilines is 1. The first-order chi connectivity index (χ1) is 15.6. The van der Waals surface area contributed by atoms with Crippen molar-refractivity contribution >= 4 is 17.6 Å². The number of carbonyl (C=O) groups is 2. The molecular weight excluding hydrogens is 433 g/mol. The number of aryl methyl sites for hydroxylation is 1. The molecule has 0 bridgehead atoms. The van der Waals surface area contributed by atoms with Gasteiger partial charge in [-0.3, -0.25) is 9.48 Å². The second-order valence-corrected chi connectivity index (χ2v) is 7.97. The molecular formula is C24H19F3N4O2. The van der Waals surface area contributed by atoms with Crippen molar-refractivity contribution in [3.05, 3.63) is 82.9 Å². The molecule has 168 valence electrons. The topological polar surface area (TPSA) is 58.4 Å². The summed E-state index contributed by atoms with van der Waals surface area (Å²) in [7, 11) is 3.17. The Kier molecular flexibility index (Phi) is 5.46. The highest BCUT2D eigenvalue weighted by Gasteiger charge is 2.48. The van der Waals surface area contributed by atoms with E-state index in [1.807, 2.05) is 0 Å². The number of benzene rings is 2. The fourth-order valence-electron chi connectivity index (χ4n) is 3.70. The van der Waals surface area contributed by atoms with Gasteiger partial charge in [-0.2, -0.15) is 5.10 Å². The number of urea groups is 1. The van der Waals surface area contributed by atoms with Crippen LogP contribution in [0, 0.1) is 29.3 Å². The van der Waals surface area contributed by atoms with Gasteiger partial charge in [0, 0.05) is 37.0 Å². The Morgan fingerprint density at radius 1 is 0.970 bits per heavy atom. The summed E-state index contributed by atoms with van der Waals surface area (Å²) in [6, 6.07) is 6.34. The van der Waals surface area contributed by atoms with Crippen LogP contribution in [0.15, 0.2) is 48.8 Å². The van der Waals surface area contributed by atoms with E-state index in [1.165, 1.54) is 36.2 Å². The molecule has 0 radical (unpaired) electrons. The zero-order valence-electron chi connectivity index (χ0n) is 18.1. The number of imide groups is 1. The highest BCUT2D eigenvalue weighted by molar-refractivity contribution is 6.16. The van der Waals surface area contributed by atoms with Crippen LogP contribution in [0.4, 0.5) is 23.7 Å². The van der Waals surface area contributed by atoms with E-state index in [0.29, 0.717) is 16.0 Å². The van der Waals surface area contributed by atoms with E-state index in [0.717, 1.165) is 12.1 Å². The molecule has 6 nitrogen and oxygen atoms in total. The van der Waals surface area contributed by atoms with Crippen LogP contribution in [0.1, 0.15) is 30.0 Å². The standard InChI is InChI=1S/C24H19F3N4O2/c1-24(17-13-28-29(2)14-17)12-21(32)31(23(33)30(24)3)22-19(26)10-16(11-20(22)27)5-4-15-6-8-18(25)9-7-15/h6-11,13-14H,12H2,1-3H3/t24-/m0/s1. The van der Waals surface area contributed by atoms with Gasteiger partial charge in [0.15, 0.2) is 11.6 Å². The molecule has 3 aromatic rings. The second-order valence-electron chi connectivity index (χ2n) is 7.97. The molecule has 2 aromatic carbocycles. The number of rotatable bonds is 2. The van der Waals surface area contributed by atoms with E-state index < -0.39 is 40.6 Å². The van der Waals surface area contributed by atoms with Gasteiger partial charge in [0.05, 0.1) is 18.2 Å². The summed E-state index contributed by atoms with van der Waals surface area (Å²) in [6.07, 6.45) is 3.04. The van der Waals surface area contributed by atoms with E-state index >= 15 is 0 Å². The third-order valence-electron chi connectivity index (χ3n) is 5.73. The smallest absolute Gasteiger partial charge is 0.317 e. The van der Waals surface area contributed by atoms with Gasteiger partial charge >= 0.3 is 6.03 Å². The Morgan fingerprint density at radius 3 is 2.15 bits per heavy atom. The van der Waals surface area contributed by atoms with Gasteiger partial charge in [-0.25, -0.2) is 22.9 Å². The Balaban J connectivity index is 1.66. The van der Waals surface area contributed by atoms with Crippen LogP contribution in [0.3, 0.4) is 0 Å². The average Bonchev–Trinajstić information content (AvgIpc) is 3.21. The third-order valence-corrected chi connectivity index (χ3v) is 5.73. The third kappa shape index (κ3) is 3.96. The van der Waals surface area contributed by atoms with Crippen LogP contribution < -0.4 is 4.90 Å². The summed E-state index contributed by atoms with van der Waals surface area (Å²) in [4.78, 5) is 27.8. The Morgan fingerprint density at radius 2 is 1.58 bits per heavy atom. The second kappa shape index (κ2) is 8.13. The molecule has 1 atom stereocenters. The van der Waals surface area contributed by atoms with Crippen LogP contribution >= 0.6 is 0 Å². The molecule has 9 heteroatoms. The molecule has 1 fully saturated rings. The summed E-state index contributed by atoms with van der Waals surface area (Å²) in [5.74, 6) is 1.91. The lowest BCUT2D eigenvalue weighted by Crippen LogP contribution is -2.60. The predicted molar refractivity (Wildman–Crippen MR) is 115 cm³/mol. The molecule has 0 N–H and O–H groups in total. The molecule has 1 saturated heterocycles. The van der Waals surface area contributed by atoms with Crippen molar-refractivity contribution in [1.82, 2.24) is 14.7 Å². The van der Waals surface area contributed by atoms with Gasteiger partial charge < -0.3 is 4.90 Å². The van der Waals surface area contributed by atoms with E-state index in [4.69, 9.17) is 0 Å². The monoisotopic (exact) mass is 452 g/mol. The van der Waals surface area contributed by atoms with Crippen molar-refractivity contribution in [2.45, 2.75) is 18.9 Å². The molecule has 0 unspecified atom stereocenters. The van der Waals surface area contributed by atoms with E-state index in [1.54, 1.807) is 31.0 Å². The Labute approximate surface area is 188 Å². The van der Waals surface area contributed by atoms with Crippen LogP contribution in [0.2, 0.25) is 0 Å². The first kappa shape index (κ1) is 22.1. The zero-order chi connectivity index (χ0) is 23.9. The molecule has 0 aliphatic carbocycles. The molecule has 3 amide bonds. The van der Waals surface area contributed by atoms with Gasteiger partial charge in [0.2, 0.25) is 5.91 Å². The van der Waals surface area contributed by atoms with E-state index in [9.17, 15) is 22.8 Å². The molecule has 0 spiro atoms. The lowest BCUT2D eigenvalue weighted by molar-refractivity contribution is -0.122. The number of hydrogen-bond donors (Lipinski definition) is 0. The highest BCUT2D eigenvalue weighted by atomic mass is 19.1. The minimum absolute atomic E-state index is 0.00327. The number of aromatic nitrogens is 2. The van der Waals surface area contributed by atoms with Crippen molar-refractivity contribution in [3.63, 3.8) is 0 Å². The number of halogens is 3. The number of carbonyl (C=O) groups excluding carboxylic acids is 2. The van der Waals surface area contributed by atoms with Crippen LogP contribution in [0.5, 0.6) is 0 Å². The number of amides is 3. The van der Waals surface area contributed by atoms with Gasteiger partial charge in [0.25, 0.3) is 0 Å². The zero-order valence-corrected chi connectivity index (χ0v) is 18.1. The average molecular weight is 452 g/mol. The highest BCUT2D eigenvalue weighted by Crippen LogP contribution is 2.38. The molecule has 1 aliphatic rings. The molecule has 1 aromatic heterocycles. The van der Waals surface area contributed by atoms with Crippen LogP contribution in [-0.4, -0.2) is 33.7 Å². The van der Waals surface area contributed by atoms with E-state index in [2.05, 4.69) is 16.9 Å². The molecule has 1 aliphatic heterocycles. The normalized spacial score (nSPS) is 18.4. The summed E-state index contributed by atoms with van der Waals surface area (Å²) in [5.41, 5.74) is -0.687. The first-order valence-corrected chi connectivity index (χ1v) is 9.96. The van der Waals surface area contributed by atoms with Crippen molar-refractivity contribution in [1.29, 1.82) is 0 Å². The summed E-state index contributed by atoms with van der Waals surface area (Å²) >= 11 is 0. The lowest BCUT2D eigenvalue weighted by atomic mass is 9.87. The molecule has 4 rings (SSSR count). The van der Waals surface area contributed by atoms with Gasteiger partial charge in [-0.15, -0.1) is 0 Å². The SMILES string of the molecule is CN1C(=O)N(c2c(F)cc(C#Cc3ccc(F)cc3)cc2F)C(=O)C[C@@]1(C)c1cnn(C)c1. The Bertz CT molecular complexity index is 1300. The maximum Gasteiger partial charge on any atom is 0.332 e. The van der Waals surface area contributed by atoms with E-state index in [-0.39, 0.29) is 12.0 Å². The van der Waals surface area contributed by atoms with Crippen LogP contribution in [0.25, 0.3) is 0 Å². The van der Waals surface area contributed by atoms with Gasteiger partial charge in [-0.1, -0.05) is 11.8 Å². The minimum atomic E-state index is -1.10.